The average Bonchev–Trinajstić information content (AvgIpc) is 1.84. The van der Waals surface area contributed by atoms with Gasteiger partial charge in [-0.2, -0.15) is 0 Å². The Kier molecular flexibility index (Phi) is 2.26. The molecule has 0 spiro atoms. The molecule has 0 aliphatic heterocycles. The summed E-state index contributed by atoms with van der Waals surface area (Å²) < 4.78 is 5.88. The first-order valence-corrected chi connectivity index (χ1v) is 4.67. The first kappa shape index (κ1) is 10.0. The van der Waals surface area contributed by atoms with E-state index in [-0.39, 0.29) is 11.0 Å². The van der Waals surface area contributed by atoms with Crippen LogP contribution >= 0.6 is 0 Å². The number of hydrogen-bond acceptors (Lipinski definition) is 2. The lowest BCUT2D eigenvalue weighted by atomic mass is 9.65. The topological polar surface area (TPSA) is 35.2 Å². The van der Waals surface area contributed by atoms with E-state index in [1.165, 1.54) is 0 Å². The summed E-state index contributed by atoms with van der Waals surface area (Å²) in [5.41, 5.74) is 6.01. The second-order valence-corrected chi connectivity index (χ2v) is 5.38. The molecule has 0 radical (unpaired) electrons. The average molecular weight is 171 g/mol. The maximum Gasteiger partial charge on any atom is 0.0662 e. The Morgan fingerprint density at radius 3 is 2.08 bits per heavy atom. The van der Waals surface area contributed by atoms with Gasteiger partial charge in [0.2, 0.25) is 0 Å². The molecule has 72 valence electrons. The van der Waals surface area contributed by atoms with Gasteiger partial charge in [-0.05, 0) is 27.2 Å². The molecule has 0 unspecified atom stereocenters. The zero-order chi connectivity index (χ0) is 9.57. The Balaban J connectivity index is 2.48. The molecular weight excluding hydrogens is 150 g/mol. The molecule has 0 heterocycles. The standard InChI is InChI=1S/C10H21NO/c1-9(2,3)12-8-6-7(11)10(8,4)5/h7-8H,6,11H2,1-5H3/t7-,8-/m0/s1. The van der Waals surface area contributed by atoms with E-state index in [9.17, 15) is 0 Å². The van der Waals surface area contributed by atoms with Gasteiger partial charge in [-0.25, -0.2) is 0 Å². The minimum Gasteiger partial charge on any atom is -0.372 e. The zero-order valence-corrected chi connectivity index (χ0v) is 8.85. The fourth-order valence-electron chi connectivity index (χ4n) is 1.54. The van der Waals surface area contributed by atoms with Crippen LogP contribution in [-0.4, -0.2) is 17.7 Å². The predicted molar refractivity (Wildman–Crippen MR) is 51.0 cm³/mol. The van der Waals surface area contributed by atoms with E-state index >= 15 is 0 Å². The van der Waals surface area contributed by atoms with Crippen molar-refractivity contribution in [1.29, 1.82) is 0 Å². The summed E-state index contributed by atoms with van der Waals surface area (Å²) in [7, 11) is 0. The molecule has 1 aliphatic rings. The summed E-state index contributed by atoms with van der Waals surface area (Å²) in [5, 5.41) is 0. The van der Waals surface area contributed by atoms with E-state index in [1.807, 2.05) is 0 Å². The molecule has 0 aromatic rings. The van der Waals surface area contributed by atoms with Crippen LogP contribution in [0.4, 0.5) is 0 Å². The van der Waals surface area contributed by atoms with Crippen molar-refractivity contribution in [2.24, 2.45) is 11.1 Å². The van der Waals surface area contributed by atoms with Gasteiger partial charge in [0.1, 0.15) is 0 Å². The summed E-state index contributed by atoms with van der Waals surface area (Å²) in [6.45, 7) is 10.6. The normalized spacial score (nSPS) is 34.5. The summed E-state index contributed by atoms with van der Waals surface area (Å²) in [6, 6.07) is 0.310. The first-order chi connectivity index (χ1) is 5.23. The van der Waals surface area contributed by atoms with Crippen molar-refractivity contribution in [3.05, 3.63) is 0 Å². The monoisotopic (exact) mass is 171 g/mol. The minimum absolute atomic E-state index is 0.0396. The van der Waals surface area contributed by atoms with E-state index in [0.717, 1.165) is 6.42 Å². The van der Waals surface area contributed by atoms with Gasteiger partial charge >= 0.3 is 0 Å². The molecule has 2 atom stereocenters. The summed E-state index contributed by atoms with van der Waals surface area (Å²) >= 11 is 0. The third-order valence-corrected chi connectivity index (χ3v) is 2.75. The van der Waals surface area contributed by atoms with Crippen LogP contribution in [0.3, 0.4) is 0 Å². The lowest BCUT2D eigenvalue weighted by Gasteiger charge is -2.51. The van der Waals surface area contributed by atoms with Gasteiger partial charge < -0.3 is 10.5 Å². The van der Waals surface area contributed by atoms with Crippen LogP contribution in [0, 0.1) is 5.41 Å². The van der Waals surface area contributed by atoms with Crippen molar-refractivity contribution in [2.75, 3.05) is 0 Å². The molecule has 0 aromatic heterocycles. The van der Waals surface area contributed by atoms with Gasteiger partial charge in [0.15, 0.2) is 0 Å². The van der Waals surface area contributed by atoms with Crippen molar-refractivity contribution < 1.29 is 4.74 Å². The smallest absolute Gasteiger partial charge is 0.0662 e. The Labute approximate surface area is 75.5 Å². The molecule has 1 aliphatic carbocycles. The van der Waals surface area contributed by atoms with Crippen molar-refractivity contribution in [2.45, 2.75) is 58.8 Å². The number of hydrogen-bond donors (Lipinski definition) is 1. The van der Waals surface area contributed by atoms with Crippen LogP contribution in [0.15, 0.2) is 0 Å². The summed E-state index contributed by atoms with van der Waals surface area (Å²) in [6.07, 6.45) is 1.34. The molecule has 1 rings (SSSR count). The molecular formula is C10H21NO. The molecule has 0 amide bonds. The summed E-state index contributed by atoms with van der Waals surface area (Å²) in [4.78, 5) is 0. The van der Waals surface area contributed by atoms with Gasteiger partial charge in [0.25, 0.3) is 0 Å². The van der Waals surface area contributed by atoms with E-state index in [2.05, 4.69) is 34.6 Å². The van der Waals surface area contributed by atoms with E-state index in [0.29, 0.717) is 12.1 Å². The van der Waals surface area contributed by atoms with E-state index in [1.54, 1.807) is 0 Å². The van der Waals surface area contributed by atoms with Gasteiger partial charge in [-0.3, -0.25) is 0 Å². The second-order valence-electron chi connectivity index (χ2n) is 5.38. The molecule has 0 saturated heterocycles. The van der Waals surface area contributed by atoms with Gasteiger partial charge in [-0.15, -0.1) is 0 Å². The zero-order valence-electron chi connectivity index (χ0n) is 8.85. The van der Waals surface area contributed by atoms with Crippen LogP contribution in [0.5, 0.6) is 0 Å². The quantitative estimate of drug-likeness (QED) is 0.654. The Bertz CT molecular complexity index is 169. The molecule has 0 aromatic carbocycles. The lowest BCUT2D eigenvalue weighted by molar-refractivity contribution is -0.166. The highest BCUT2D eigenvalue weighted by molar-refractivity contribution is 5.01. The van der Waals surface area contributed by atoms with Crippen LogP contribution < -0.4 is 5.73 Å². The Morgan fingerprint density at radius 1 is 1.33 bits per heavy atom. The van der Waals surface area contributed by atoms with Crippen molar-refractivity contribution in [1.82, 2.24) is 0 Å². The fourth-order valence-corrected chi connectivity index (χ4v) is 1.54. The van der Waals surface area contributed by atoms with Crippen LogP contribution in [-0.2, 0) is 4.74 Å². The molecule has 2 nitrogen and oxygen atoms in total. The summed E-state index contributed by atoms with van der Waals surface area (Å²) in [5.74, 6) is 0. The second kappa shape index (κ2) is 2.71. The predicted octanol–water partition coefficient (Wildman–Crippen LogP) is 1.93. The first-order valence-electron chi connectivity index (χ1n) is 4.67. The lowest BCUT2D eigenvalue weighted by Crippen LogP contribution is -2.60. The minimum atomic E-state index is -0.0396. The molecule has 12 heavy (non-hydrogen) atoms. The van der Waals surface area contributed by atoms with Crippen molar-refractivity contribution in [3.63, 3.8) is 0 Å². The van der Waals surface area contributed by atoms with Gasteiger partial charge in [-0.1, -0.05) is 13.8 Å². The molecule has 1 saturated carbocycles. The van der Waals surface area contributed by atoms with Crippen molar-refractivity contribution >= 4 is 0 Å². The number of ether oxygens (including phenoxy) is 1. The molecule has 0 bridgehead atoms. The fraction of sp³-hybridized carbons (Fsp3) is 1.00. The Hall–Kier alpha value is -0.0800. The van der Waals surface area contributed by atoms with E-state index in [4.69, 9.17) is 10.5 Å². The largest absolute Gasteiger partial charge is 0.372 e. The molecule has 1 fully saturated rings. The van der Waals surface area contributed by atoms with E-state index < -0.39 is 0 Å². The highest BCUT2D eigenvalue weighted by Crippen LogP contribution is 2.42. The molecule has 2 heteroatoms. The Morgan fingerprint density at radius 2 is 1.83 bits per heavy atom. The highest BCUT2D eigenvalue weighted by Gasteiger charge is 2.48. The van der Waals surface area contributed by atoms with Crippen LogP contribution in [0.2, 0.25) is 0 Å². The maximum absolute atomic E-state index is 5.89. The number of rotatable bonds is 1. The van der Waals surface area contributed by atoms with Crippen LogP contribution in [0.25, 0.3) is 0 Å². The highest BCUT2D eigenvalue weighted by atomic mass is 16.5. The SMILES string of the molecule is CC(C)(C)O[C@H]1C[C@H](N)C1(C)C. The number of nitrogens with two attached hydrogens (primary N) is 1. The van der Waals surface area contributed by atoms with Gasteiger partial charge in [0, 0.05) is 11.5 Å². The third-order valence-electron chi connectivity index (χ3n) is 2.75. The third kappa shape index (κ3) is 1.80. The van der Waals surface area contributed by atoms with Gasteiger partial charge in [0.05, 0.1) is 11.7 Å². The molecule has 2 N–H and O–H groups in total. The maximum atomic E-state index is 5.89. The van der Waals surface area contributed by atoms with Crippen molar-refractivity contribution in [3.8, 4) is 0 Å². The van der Waals surface area contributed by atoms with Crippen LogP contribution in [0.1, 0.15) is 41.0 Å².